The first-order chi connectivity index (χ1) is 8.31. The summed E-state index contributed by atoms with van der Waals surface area (Å²) in [6.45, 7) is 8.07. The molecular weight excluding hydrogens is 220 g/mol. The molecule has 1 saturated heterocycles. The van der Waals surface area contributed by atoms with Gasteiger partial charge in [-0.15, -0.1) is 5.10 Å². The highest BCUT2D eigenvalue weighted by Crippen LogP contribution is 2.17. The smallest absolute Gasteiger partial charge is 0.318 e. The molecule has 6 nitrogen and oxygen atoms in total. The highest BCUT2D eigenvalue weighted by Gasteiger charge is 2.23. The Kier molecular flexibility index (Phi) is 4.33. The third-order valence-corrected chi connectivity index (χ3v) is 2.77. The Morgan fingerprint density at radius 1 is 1.47 bits per heavy atom. The lowest BCUT2D eigenvalue weighted by Gasteiger charge is -2.31. The summed E-state index contributed by atoms with van der Waals surface area (Å²) in [5, 5.41) is 11.4. The summed E-state index contributed by atoms with van der Waals surface area (Å²) in [7, 11) is 0. The zero-order chi connectivity index (χ0) is 12.1. The minimum Gasteiger partial charge on any atom is -0.407 e. The predicted molar refractivity (Wildman–Crippen MR) is 63.9 cm³/mol. The zero-order valence-electron chi connectivity index (χ0n) is 10.5. The lowest BCUT2D eigenvalue weighted by molar-refractivity contribution is 0.0959. The molecule has 1 aromatic heterocycles. The van der Waals surface area contributed by atoms with Crippen molar-refractivity contribution >= 4 is 6.01 Å². The van der Waals surface area contributed by atoms with Crippen LogP contribution in [0, 0.1) is 0 Å². The lowest BCUT2D eigenvalue weighted by atomic mass is 10.3. The van der Waals surface area contributed by atoms with E-state index in [0.717, 1.165) is 26.1 Å². The topological polar surface area (TPSA) is 63.4 Å². The minimum atomic E-state index is 0.292. The fourth-order valence-electron chi connectivity index (χ4n) is 1.82. The molecule has 0 amide bonds. The van der Waals surface area contributed by atoms with Crippen LogP contribution in [0.15, 0.2) is 4.42 Å². The van der Waals surface area contributed by atoms with Crippen molar-refractivity contribution in [2.75, 3.05) is 31.2 Å². The molecule has 1 unspecified atom stereocenters. The molecule has 0 aromatic carbocycles. The minimum absolute atomic E-state index is 0.292. The Morgan fingerprint density at radius 2 is 2.35 bits per heavy atom. The van der Waals surface area contributed by atoms with Gasteiger partial charge in [0.15, 0.2) is 0 Å². The van der Waals surface area contributed by atoms with Gasteiger partial charge in [-0.2, -0.15) is 0 Å². The zero-order valence-corrected chi connectivity index (χ0v) is 10.5. The Balaban J connectivity index is 1.92. The van der Waals surface area contributed by atoms with Crippen molar-refractivity contribution in [1.29, 1.82) is 0 Å². The molecular formula is C11H20N4O2. The highest BCUT2D eigenvalue weighted by molar-refractivity contribution is 5.26. The quantitative estimate of drug-likeness (QED) is 0.768. The average Bonchev–Trinajstić information content (AvgIpc) is 2.79. The van der Waals surface area contributed by atoms with Crippen LogP contribution in [0.25, 0.3) is 0 Å². The highest BCUT2D eigenvalue weighted by atomic mass is 16.5. The number of aromatic nitrogens is 2. The Morgan fingerprint density at radius 3 is 3.12 bits per heavy atom. The third kappa shape index (κ3) is 3.17. The average molecular weight is 240 g/mol. The summed E-state index contributed by atoms with van der Waals surface area (Å²) in [5.74, 6) is 0.646. The SMILES string of the molecule is CCCNCc1nnc(N2CCOCC2C)o1. The second-order valence-electron chi connectivity index (χ2n) is 4.27. The van der Waals surface area contributed by atoms with Gasteiger partial charge in [0, 0.05) is 6.54 Å². The molecule has 2 heterocycles. The molecule has 0 spiro atoms. The number of ether oxygens (including phenoxy) is 1. The maximum atomic E-state index is 5.63. The van der Waals surface area contributed by atoms with Crippen LogP contribution in [0.3, 0.4) is 0 Å². The van der Waals surface area contributed by atoms with E-state index in [1.54, 1.807) is 0 Å². The van der Waals surface area contributed by atoms with Crippen molar-refractivity contribution in [3.8, 4) is 0 Å². The molecule has 6 heteroatoms. The number of hydrogen-bond acceptors (Lipinski definition) is 6. The van der Waals surface area contributed by atoms with Crippen molar-refractivity contribution < 1.29 is 9.15 Å². The summed E-state index contributed by atoms with van der Waals surface area (Å²) in [4.78, 5) is 2.10. The first kappa shape index (κ1) is 12.3. The van der Waals surface area contributed by atoms with Crippen LogP contribution in [-0.4, -0.2) is 42.5 Å². The van der Waals surface area contributed by atoms with Crippen LogP contribution in [0.1, 0.15) is 26.2 Å². The van der Waals surface area contributed by atoms with E-state index < -0.39 is 0 Å². The molecule has 2 rings (SSSR count). The van der Waals surface area contributed by atoms with E-state index >= 15 is 0 Å². The summed E-state index contributed by atoms with van der Waals surface area (Å²) in [5.41, 5.74) is 0. The fourth-order valence-corrected chi connectivity index (χ4v) is 1.82. The van der Waals surface area contributed by atoms with Crippen LogP contribution < -0.4 is 10.2 Å². The molecule has 1 fully saturated rings. The van der Waals surface area contributed by atoms with Crippen LogP contribution in [0.5, 0.6) is 0 Å². The van der Waals surface area contributed by atoms with Gasteiger partial charge >= 0.3 is 6.01 Å². The van der Waals surface area contributed by atoms with Gasteiger partial charge in [0.25, 0.3) is 0 Å². The number of hydrogen-bond donors (Lipinski definition) is 1. The number of nitrogens with one attached hydrogen (secondary N) is 1. The van der Waals surface area contributed by atoms with Crippen molar-refractivity contribution in [3.63, 3.8) is 0 Å². The van der Waals surface area contributed by atoms with Gasteiger partial charge in [-0.05, 0) is 19.9 Å². The largest absolute Gasteiger partial charge is 0.407 e. The van der Waals surface area contributed by atoms with Gasteiger partial charge in [0.1, 0.15) is 0 Å². The maximum absolute atomic E-state index is 5.63. The molecule has 1 aromatic rings. The van der Waals surface area contributed by atoms with E-state index in [9.17, 15) is 0 Å². The number of morpholine rings is 1. The Hall–Kier alpha value is -1.14. The van der Waals surface area contributed by atoms with Gasteiger partial charge in [0.05, 0.1) is 25.8 Å². The van der Waals surface area contributed by atoms with Crippen molar-refractivity contribution in [3.05, 3.63) is 5.89 Å². The van der Waals surface area contributed by atoms with Gasteiger partial charge in [-0.1, -0.05) is 12.0 Å². The van der Waals surface area contributed by atoms with Crippen LogP contribution in [-0.2, 0) is 11.3 Å². The van der Waals surface area contributed by atoms with Crippen LogP contribution >= 0.6 is 0 Å². The van der Waals surface area contributed by atoms with Crippen molar-refractivity contribution in [2.24, 2.45) is 0 Å². The van der Waals surface area contributed by atoms with E-state index in [1.807, 2.05) is 0 Å². The van der Waals surface area contributed by atoms with Gasteiger partial charge < -0.3 is 19.4 Å². The van der Waals surface area contributed by atoms with E-state index in [4.69, 9.17) is 9.15 Å². The standard InChI is InChI=1S/C11H20N4O2/c1-3-4-12-7-10-13-14-11(17-10)15-5-6-16-8-9(15)2/h9,12H,3-8H2,1-2H3. The Bertz CT molecular complexity index is 342. The van der Waals surface area contributed by atoms with Gasteiger partial charge in [-0.3, -0.25) is 0 Å². The van der Waals surface area contributed by atoms with Crippen LogP contribution in [0.2, 0.25) is 0 Å². The first-order valence-electron chi connectivity index (χ1n) is 6.18. The monoisotopic (exact) mass is 240 g/mol. The van der Waals surface area contributed by atoms with E-state index in [0.29, 0.717) is 31.1 Å². The summed E-state index contributed by atoms with van der Waals surface area (Å²) >= 11 is 0. The number of rotatable bonds is 5. The molecule has 1 N–H and O–H groups in total. The number of anilines is 1. The lowest BCUT2D eigenvalue weighted by Crippen LogP contribution is -2.43. The molecule has 96 valence electrons. The number of nitrogens with zero attached hydrogens (tertiary/aromatic N) is 3. The van der Waals surface area contributed by atoms with Crippen molar-refractivity contribution in [2.45, 2.75) is 32.9 Å². The molecule has 17 heavy (non-hydrogen) atoms. The molecule has 1 atom stereocenters. The van der Waals surface area contributed by atoms with Crippen LogP contribution in [0.4, 0.5) is 6.01 Å². The molecule has 0 aliphatic carbocycles. The predicted octanol–water partition coefficient (Wildman–Crippen LogP) is 0.794. The van der Waals surface area contributed by atoms with Crippen molar-refractivity contribution in [1.82, 2.24) is 15.5 Å². The first-order valence-corrected chi connectivity index (χ1v) is 6.18. The molecule has 1 aliphatic heterocycles. The molecule has 0 saturated carbocycles. The normalized spacial score (nSPS) is 20.8. The van der Waals surface area contributed by atoms with E-state index in [-0.39, 0.29) is 0 Å². The maximum Gasteiger partial charge on any atom is 0.318 e. The second kappa shape index (κ2) is 5.97. The van der Waals surface area contributed by atoms with E-state index in [2.05, 4.69) is 34.3 Å². The summed E-state index contributed by atoms with van der Waals surface area (Å²) in [6.07, 6.45) is 1.10. The molecule has 1 aliphatic rings. The third-order valence-electron chi connectivity index (χ3n) is 2.77. The Labute approximate surface area is 101 Å². The molecule has 0 bridgehead atoms. The summed E-state index contributed by atoms with van der Waals surface area (Å²) < 4.78 is 11.0. The van der Waals surface area contributed by atoms with Gasteiger partial charge in [0.2, 0.25) is 5.89 Å². The molecule has 0 radical (unpaired) electrons. The summed E-state index contributed by atoms with van der Waals surface area (Å²) in [6, 6.07) is 0.898. The van der Waals surface area contributed by atoms with E-state index in [1.165, 1.54) is 0 Å². The fraction of sp³-hybridized carbons (Fsp3) is 0.818. The van der Waals surface area contributed by atoms with Gasteiger partial charge in [-0.25, -0.2) is 0 Å². The second-order valence-corrected chi connectivity index (χ2v) is 4.27.